The van der Waals surface area contributed by atoms with Crippen LogP contribution in [-0.4, -0.2) is 75.3 Å². The summed E-state index contributed by atoms with van der Waals surface area (Å²) in [4.78, 5) is 14.8. The number of nitrogens with one attached hydrogen (secondary N) is 1. The van der Waals surface area contributed by atoms with Gasteiger partial charge in [0, 0.05) is 26.2 Å². The highest BCUT2D eigenvalue weighted by Gasteiger charge is 2.22. The van der Waals surface area contributed by atoms with Crippen LogP contribution in [0.3, 0.4) is 0 Å². The van der Waals surface area contributed by atoms with Crippen LogP contribution in [0.1, 0.15) is 69.7 Å². The molecule has 1 aromatic carbocycles. The molecule has 0 saturated heterocycles. The highest BCUT2D eigenvalue weighted by atomic mass is 16.5. The van der Waals surface area contributed by atoms with E-state index in [2.05, 4.69) is 5.32 Å². The van der Waals surface area contributed by atoms with Crippen molar-refractivity contribution < 1.29 is 30.0 Å². The summed E-state index contributed by atoms with van der Waals surface area (Å²) < 4.78 is 5.97. The molecule has 1 heterocycles. The number of allylic oxidation sites excluding steroid dienone is 1. The topological polar surface area (TPSA) is 122 Å². The molecule has 1 aliphatic rings. The number of carbonyl (C=O) groups excluding carboxylic acids is 1. The van der Waals surface area contributed by atoms with Crippen molar-refractivity contribution in [1.29, 1.82) is 0 Å². The number of nitrogens with zero attached hydrogens (tertiary/aromatic N) is 1. The normalized spacial score (nSPS) is 19.1. The van der Waals surface area contributed by atoms with E-state index in [0.717, 1.165) is 25.7 Å². The molecule has 0 fully saturated rings. The van der Waals surface area contributed by atoms with E-state index < -0.39 is 6.10 Å². The van der Waals surface area contributed by atoms with Crippen molar-refractivity contribution in [2.75, 3.05) is 31.6 Å². The maximum absolute atomic E-state index is 13.3. The number of benzene rings is 1. The molecule has 1 aromatic rings. The minimum absolute atomic E-state index is 0.0235. The van der Waals surface area contributed by atoms with Crippen LogP contribution in [0.5, 0.6) is 5.75 Å². The van der Waals surface area contributed by atoms with Gasteiger partial charge in [-0.3, -0.25) is 4.79 Å². The number of phenols is 1. The summed E-state index contributed by atoms with van der Waals surface area (Å²) >= 11 is 0. The summed E-state index contributed by atoms with van der Waals surface area (Å²) in [5.74, 6) is -0.278. The minimum atomic E-state index is -0.655. The van der Waals surface area contributed by atoms with E-state index in [1.807, 2.05) is 20.8 Å². The lowest BCUT2D eigenvalue weighted by Gasteiger charge is -2.27. The van der Waals surface area contributed by atoms with E-state index in [1.165, 1.54) is 12.1 Å². The Morgan fingerprint density at radius 2 is 1.91 bits per heavy atom. The maximum atomic E-state index is 13.3. The van der Waals surface area contributed by atoms with E-state index >= 15 is 0 Å². The molecule has 1 aliphatic heterocycles. The third-order valence-corrected chi connectivity index (χ3v) is 6.23. The van der Waals surface area contributed by atoms with Gasteiger partial charge in [0.15, 0.2) is 0 Å². The molecule has 0 aliphatic carbocycles. The molecule has 35 heavy (non-hydrogen) atoms. The zero-order valence-corrected chi connectivity index (χ0v) is 21.2. The van der Waals surface area contributed by atoms with E-state index in [-0.39, 0.29) is 42.2 Å². The summed E-state index contributed by atoms with van der Waals surface area (Å²) in [5.41, 5.74) is 0.341. The molecule has 0 saturated carbocycles. The Morgan fingerprint density at radius 3 is 2.66 bits per heavy atom. The molecule has 5 N–H and O–H groups in total. The first-order chi connectivity index (χ1) is 16.6. The molecule has 8 nitrogen and oxygen atoms in total. The largest absolute Gasteiger partial charge is 0.508 e. The summed E-state index contributed by atoms with van der Waals surface area (Å²) in [6.45, 7) is 7.17. The SMILES string of the molecule is CCC(O)CCCC(C)(C)OCCC(O)CCN1C/C=C(O)\C=C/CNc2c(O)cccc2C1=O. The quantitative estimate of drug-likeness (QED) is 0.279. The van der Waals surface area contributed by atoms with Crippen LogP contribution >= 0.6 is 0 Å². The van der Waals surface area contributed by atoms with E-state index in [4.69, 9.17) is 4.74 Å². The molecule has 196 valence electrons. The number of rotatable bonds is 12. The minimum Gasteiger partial charge on any atom is -0.508 e. The first-order valence-electron chi connectivity index (χ1n) is 12.5. The van der Waals surface area contributed by atoms with Crippen LogP contribution in [0.15, 0.2) is 42.2 Å². The van der Waals surface area contributed by atoms with Gasteiger partial charge in [0.05, 0.1) is 29.1 Å². The number of aromatic hydroxyl groups is 1. The van der Waals surface area contributed by atoms with Crippen LogP contribution in [0.4, 0.5) is 5.69 Å². The van der Waals surface area contributed by atoms with Crippen LogP contribution in [0, 0.1) is 0 Å². The second-order valence-electron chi connectivity index (χ2n) is 9.66. The third-order valence-electron chi connectivity index (χ3n) is 6.23. The van der Waals surface area contributed by atoms with Crippen LogP contribution in [-0.2, 0) is 4.74 Å². The van der Waals surface area contributed by atoms with Crippen LogP contribution in [0.25, 0.3) is 0 Å². The Morgan fingerprint density at radius 1 is 1.14 bits per heavy atom. The first kappa shape index (κ1) is 28.7. The Hall–Kier alpha value is -2.55. The molecular weight excluding hydrogens is 448 g/mol. The number of carbonyl (C=O) groups is 1. The molecule has 2 rings (SSSR count). The van der Waals surface area contributed by atoms with Crippen molar-refractivity contribution in [1.82, 2.24) is 4.90 Å². The molecule has 1 amide bonds. The zero-order valence-electron chi connectivity index (χ0n) is 21.2. The van der Waals surface area contributed by atoms with Gasteiger partial charge < -0.3 is 35.4 Å². The molecule has 0 aromatic heterocycles. The van der Waals surface area contributed by atoms with Crippen molar-refractivity contribution in [2.45, 2.75) is 77.1 Å². The van der Waals surface area contributed by atoms with E-state index in [0.29, 0.717) is 37.2 Å². The van der Waals surface area contributed by atoms with E-state index in [1.54, 1.807) is 29.2 Å². The maximum Gasteiger partial charge on any atom is 0.256 e. The van der Waals surface area contributed by atoms with Gasteiger partial charge in [-0.2, -0.15) is 0 Å². The van der Waals surface area contributed by atoms with Gasteiger partial charge in [0.1, 0.15) is 11.5 Å². The molecule has 0 bridgehead atoms. The second kappa shape index (κ2) is 14.1. The number of anilines is 1. The molecule has 2 unspecified atom stereocenters. The van der Waals surface area contributed by atoms with Gasteiger partial charge in [0.2, 0.25) is 0 Å². The highest BCUT2D eigenvalue weighted by Crippen LogP contribution is 2.28. The molecule has 2 atom stereocenters. The smallest absolute Gasteiger partial charge is 0.256 e. The Labute approximate surface area is 208 Å². The van der Waals surface area contributed by atoms with Crippen molar-refractivity contribution >= 4 is 11.6 Å². The van der Waals surface area contributed by atoms with Gasteiger partial charge in [-0.25, -0.2) is 0 Å². The number of para-hydroxylation sites is 1. The number of aliphatic hydroxyl groups excluding tert-OH is 3. The highest BCUT2D eigenvalue weighted by molar-refractivity contribution is 6.01. The molecule has 0 spiro atoms. The lowest BCUT2D eigenvalue weighted by molar-refractivity contribution is -0.0398. The van der Waals surface area contributed by atoms with Crippen molar-refractivity contribution in [3.05, 3.63) is 47.7 Å². The standard InChI is InChI=1S/C27H42N2O6/c1-4-20(30)8-6-15-27(2,3)35-19-14-22(32)13-18-29-17-12-21(31)9-7-16-28-25-23(26(29)34)10-5-11-24(25)33/h5,7,9-12,20,22,28,30-33H,4,6,8,13-19H2,1-3H3/b9-7-,21-12+. The van der Waals surface area contributed by atoms with Gasteiger partial charge in [-0.1, -0.05) is 19.1 Å². The number of hydrogen-bond acceptors (Lipinski definition) is 7. The zero-order chi connectivity index (χ0) is 25.8. The number of fused-ring (bicyclic) bond motifs is 1. The van der Waals surface area contributed by atoms with Gasteiger partial charge in [-0.05, 0) is 76.7 Å². The van der Waals surface area contributed by atoms with Gasteiger partial charge >= 0.3 is 0 Å². The average Bonchev–Trinajstić information content (AvgIpc) is 2.83. The summed E-state index contributed by atoms with van der Waals surface area (Å²) in [5, 5.41) is 43.6. The Kier molecular flexibility index (Phi) is 11.6. The van der Waals surface area contributed by atoms with Gasteiger partial charge in [-0.15, -0.1) is 0 Å². The fourth-order valence-corrected chi connectivity index (χ4v) is 3.92. The summed E-state index contributed by atoms with van der Waals surface area (Å²) in [6.07, 6.45) is 7.88. The van der Waals surface area contributed by atoms with Crippen LogP contribution in [0.2, 0.25) is 0 Å². The molecule has 0 radical (unpaired) electrons. The lowest BCUT2D eigenvalue weighted by Crippen LogP contribution is -2.35. The Balaban J connectivity index is 1.93. The predicted octanol–water partition coefficient (Wildman–Crippen LogP) is 4.14. The summed E-state index contributed by atoms with van der Waals surface area (Å²) in [6, 6.07) is 4.78. The number of aliphatic hydroxyl groups is 3. The van der Waals surface area contributed by atoms with Crippen LogP contribution < -0.4 is 5.32 Å². The first-order valence-corrected chi connectivity index (χ1v) is 12.5. The number of hydrogen-bond donors (Lipinski definition) is 5. The van der Waals surface area contributed by atoms with Crippen molar-refractivity contribution in [3.63, 3.8) is 0 Å². The van der Waals surface area contributed by atoms with Crippen molar-refractivity contribution in [2.24, 2.45) is 0 Å². The van der Waals surface area contributed by atoms with Gasteiger partial charge in [0.25, 0.3) is 5.91 Å². The number of amides is 1. The van der Waals surface area contributed by atoms with E-state index in [9.17, 15) is 25.2 Å². The fraction of sp³-hybridized carbons (Fsp3) is 0.593. The Bertz CT molecular complexity index is 867. The van der Waals surface area contributed by atoms with Crippen molar-refractivity contribution in [3.8, 4) is 5.75 Å². The second-order valence-corrected chi connectivity index (χ2v) is 9.66. The average molecular weight is 491 g/mol. The molecule has 8 heteroatoms. The summed E-state index contributed by atoms with van der Waals surface area (Å²) in [7, 11) is 0. The predicted molar refractivity (Wildman–Crippen MR) is 138 cm³/mol. The number of ether oxygens (including phenoxy) is 1. The number of phenolic OH excluding ortho intramolecular Hbond substituents is 1. The third kappa shape index (κ3) is 9.92. The fourth-order valence-electron chi connectivity index (χ4n) is 3.92. The lowest BCUT2D eigenvalue weighted by atomic mass is 9.99. The monoisotopic (exact) mass is 490 g/mol. The molecular formula is C27H42N2O6.